The minimum absolute atomic E-state index is 0.403. The van der Waals surface area contributed by atoms with E-state index in [-0.39, 0.29) is 0 Å². The molecule has 2 unspecified atom stereocenters. The second-order valence-electron chi connectivity index (χ2n) is 2.64. The van der Waals surface area contributed by atoms with E-state index in [1.54, 1.807) is 0 Å². The molecule has 0 aliphatic heterocycles. The van der Waals surface area contributed by atoms with E-state index in [0.717, 1.165) is 6.54 Å². The van der Waals surface area contributed by atoms with Crippen molar-refractivity contribution in [3.05, 3.63) is 0 Å². The standard InChI is InChI=1S/C6H14N2.2HI.Pt/c7-4-5-2-1-3-6(5)8;;;/h5-6H,1-4,7-8H2;2*1H;/q;;;+2/p-2. The van der Waals surface area contributed by atoms with Crippen LogP contribution < -0.4 is 11.5 Å². The van der Waals surface area contributed by atoms with E-state index >= 15 is 0 Å². The van der Waals surface area contributed by atoms with Crippen LogP contribution in [0.3, 0.4) is 0 Å². The molecule has 0 heterocycles. The molecule has 1 saturated carbocycles. The van der Waals surface area contributed by atoms with E-state index < -0.39 is 0 Å². The molecule has 0 saturated heterocycles. The van der Waals surface area contributed by atoms with Crippen LogP contribution in [0.4, 0.5) is 0 Å². The molecular weight excluding hydrogens is 549 g/mol. The Bertz CT molecular complexity index is 94.7. The van der Waals surface area contributed by atoms with E-state index in [9.17, 15) is 0 Å². The zero-order valence-electron chi connectivity index (χ0n) is 6.21. The summed E-state index contributed by atoms with van der Waals surface area (Å²) in [5.74, 6) is 0.620. The normalized spacial score (nSPS) is 29.8. The molecule has 1 aliphatic rings. The summed E-state index contributed by atoms with van der Waals surface area (Å²) in [6, 6.07) is 0.403. The maximum absolute atomic E-state index is 5.71. The average molecular weight is 563 g/mol. The molecule has 0 bridgehead atoms. The summed E-state index contributed by atoms with van der Waals surface area (Å²) in [6.45, 7) is 0.779. The van der Waals surface area contributed by atoms with Crippen LogP contribution in [-0.2, 0) is 11.2 Å². The molecular formula is C6H14I2N2Pt. The quantitative estimate of drug-likeness (QED) is 0.479. The summed E-state index contributed by atoms with van der Waals surface area (Å²) < 4.78 is 0. The molecule has 4 N–H and O–H groups in total. The van der Waals surface area contributed by atoms with Crippen LogP contribution in [0.5, 0.6) is 0 Å². The minimum atomic E-state index is 0.403. The molecule has 1 aliphatic carbocycles. The number of halogens is 2. The predicted octanol–water partition coefficient (Wildman–Crippen LogP) is 1.84. The molecule has 2 atom stereocenters. The van der Waals surface area contributed by atoms with Gasteiger partial charge in [0, 0.05) is 6.04 Å². The Labute approximate surface area is 97.8 Å². The molecule has 2 nitrogen and oxygen atoms in total. The zero-order chi connectivity index (χ0) is 8.69. The molecule has 11 heavy (non-hydrogen) atoms. The first-order valence-corrected chi connectivity index (χ1v) is 16.4. The van der Waals surface area contributed by atoms with E-state index in [0.29, 0.717) is 23.2 Å². The molecule has 72 valence electrons. The summed E-state index contributed by atoms with van der Waals surface area (Å²) in [4.78, 5) is 0. The van der Waals surface area contributed by atoms with Crippen molar-refractivity contribution >= 4 is 38.7 Å². The van der Waals surface area contributed by atoms with E-state index in [2.05, 4.69) is 38.7 Å². The zero-order valence-corrected chi connectivity index (χ0v) is 12.8. The number of hydrogen-bond acceptors (Lipinski definition) is 2. The molecule has 0 aromatic heterocycles. The average Bonchev–Trinajstić information content (AvgIpc) is 2.36. The van der Waals surface area contributed by atoms with Crippen LogP contribution in [0.1, 0.15) is 19.3 Å². The SMILES string of the molecule is NCC1CCCC1N.[I][Pt][I]. The first-order chi connectivity index (χ1) is 5.26. The van der Waals surface area contributed by atoms with Gasteiger partial charge in [0.25, 0.3) is 0 Å². The number of nitrogens with two attached hydrogens (primary N) is 2. The number of hydrogen-bond donors (Lipinski definition) is 2. The molecule has 0 aromatic carbocycles. The summed E-state index contributed by atoms with van der Waals surface area (Å²) in [6.07, 6.45) is 3.71. The van der Waals surface area contributed by atoms with Gasteiger partial charge in [-0.05, 0) is 25.3 Å². The van der Waals surface area contributed by atoms with Crippen molar-refractivity contribution in [3.63, 3.8) is 0 Å². The first kappa shape index (κ1) is 13.1. The van der Waals surface area contributed by atoms with E-state index in [4.69, 9.17) is 11.5 Å². The predicted molar refractivity (Wildman–Crippen MR) is 62.4 cm³/mol. The Morgan fingerprint density at radius 3 is 2.09 bits per heavy atom. The van der Waals surface area contributed by atoms with Crippen molar-refractivity contribution in [2.45, 2.75) is 25.3 Å². The van der Waals surface area contributed by atoms with Crippen molar-refractivity contribution in [3.8, 4) is 0 Å². The van der Waals surface area contributed by atoms with Gasteiger partial charge >= 0.3 is 49.9 Å². The monoisotopic (exact) mass is 563 g/mol. The van der Waals surface area contributed by atoms with Crippen LogP contribution in [0.25, 0.3) is 0 Å². The van der Waals surface area contributed by atoms with Gasteiger partial charge in [-0.1, -0.05) is 6.42 Å². The van der Waals surface area contributed by atoms with Crippen molar-refractivity contribution in [1.82, 2.24) is 0 Å². The summed E-state index contributed by atoms with van der Waals surface area (Å²) in [5.41, 5.74) is 11.2. The fourth-order valence-electron chi connectivity index (χ4n) is 1.36. The Morgan fingerprint density at radius 1 is 1.36 bits per heavy atom. The van der Waals surface area contributed by atoms with Gasteiger partial charge in [0.1, 0.15) is 0 Å². The van der Waals surface area contributed by atoms with Gasteiger partial charge in [-0.2, -0.15) is 0 Å². The molecule has 1 fully saturated rings. The van der Waals surface area contributed by atoms with Crippen LogP contribution in [0.2, 0.25) is 0 Å². The van der Waals surface area contributed by atoms with Gasteiger partial charge in [-0.25, -0.2) is 0 Å². The molecule has 0 aromatic rings. The topological polar surface area (TPSA) is 52.0 Å². The van der Waals surface area contributed by atoms with Gasteiger partial charge < -0.3 is 11.5 Å². The Kier molecular flexibility index (Phi) is 10.3. The molecule has 1 rings (SSSR count). The Morgan fingerprint density at radius 2 is 1.91 bits per heavy atom. The van der Waals surface area contributed by atoms with Crippen LogP contribution in [-0.4, -0.2) is 12.6 Å². The molecule has 5 heteroatoms. The van der Waals surface area contributed by atoms with Crippen molar-refractivity contribution in [1.29, 1.82) is 0 Å². The van der Waals surface area contributed by atoms with Gasteiger partial charge in [0.15, 0.2) is 0 Å². The number of rotatable bonds is 1. The van der Waals surface area contributed by atoms with Crippen molar-refractivity contribution in [2.24, 2.45) is 17.4 Å². The second kappa shape index (κ2) is 8.66. The molecule has 0 spiro atoms. The second-order valence-corrected chi connectivity index (χ2v) is 19.2. The van der Waals surface area contributed by atoms with E-state index in [1.807, 2.05) is 0 Å². The molecule has 0 radical (unpaired) electrons. The fraction of sp³-hybridized carbons (Fsp3) is 1.00. The third kappa shape index (κ3) is 6.18. The summed E-state index contributed by atoms with van der Waals surface area (Å²) >= 11 is 5.30. The van der Waals surface area contributed by atoms with Crippen molar-refractivity contribution in [2.75, 3.05) is 6.54 Å². The first-order valence-electron chi connectivity index (χ1n) is 3.54. The van der Waals surface area contributed by atoms with Gasteiger partial charge in [-0.3, -0.25) is 0 Å². The maximum atomic E-state index is 5.71. The Hall–Kier alpha value is 2.07. The summed E-state index contributed by atoms with van der Waals surface area (Å²) in [5, 5.41) is 0. The van der Waals surface area contributed by atoms with Gasteiger partial charge in [0.05, 0.1) is 0 Å². The van der Waals surface area contributed by atoms with Crippen LogP contribution in [0.15, 0.2) is 0 Å². The van der Waals surface area contributed by atoms with Crippen LogP contribution in [0, 0.1) is 5.92 Å². The van der Waals surface area contributed by atoms with Gasteiger partial charge in [-0.15, -0.1) is 0 Å². The van der Waals surface area contributed by atoms with Crippen LogP contribution >= 0.6 is 38.7 Å². The van der Waals surface area contributed by atoms with Crippen molar-refractivity contribution < 1.29 is 11.2 Å². The molecule has 0 amide bonds. The third-order valence-electron chi connectivity index (χ3n) is 2.02. The fourth-order valence-corrected chi connectivity index (χ4v) is 1.36. The van der Waals surface area contributed by atoms with Gasteiger partial charge in [0.2, 0.25) is 0 Å². The Balaban J connectivity index is 0.000000292. The third-order valence-corrected chi connectivity index (χ3v) is 2.02. The summed E-state index contributed by atoms with van der Waals surface area (Å²) in [7, 11) is 0. The van der Waals surface area contributed by atoms with E-state index in [1.165, 1.54) is 19.3 Å².